The molecule has 0 aliphatic heterocycles. The van der Waals surface area contributed by atoms with Crippen molar-refractivity contribution in [2.45, 2.75) is 32.1 Å². The number of ether oxygens (including phenoxy) is 1. The van der Waals surface area contributed by atoms with Gasteiger partial charge in [-0.15, -0.1) is 11.3 Å². The maximum atomic E-state index is 12.0. The second kappa shape index (κ2) is 6.07. The minimum Gasteiger partial charge on any atom is -0.497 e. The Bertz CT molecular complexity index is 871. The van der Waals surface area contributed by atoms with Crippen molar-refractivity contribution >= 4 is 28.3 Å². The molecule has 5 N–H and O–H groups in total. The first-order chi connectivity index (χ1) is 11.7. The lowest BCUT2D eigenvalue weighted by Crippen LogP contribution is -2.22. The minimum absolute atomic E-state index is 0.0885. The number of anilines is 1. The molecule has 3 rings (SSSR count). The molecule has 1 aliphatic rings. The number of hydrogen-bond donors (Lipinski definition) is 3. The number of nitrogens with one attached hydrogen (secondary N) is 1. The van der Waals surface area contributed by atoms with Crippen LogP contribution < -0.4 is 21.5 Å². The van der Waals surface area contributed by atoms with E-state index in [9.17, 15) is 9.59 Å². The molecule has 0 spiro atoms. The van der Waals surface area contributed by atoms with Gasteiger partial charge in [-0.1, -0.05) is 13.8 Å². The van der Waals surface area contributed by atoms with Crippen molar-refractivity contribution < 1.29 is 14.3 Å². The molecule has 1 aromatic carbocycles. The molecule has 1 heterocycles. The Morgan fingerprint density at radius 2 is 2.00 bits per heavy atom. The number of carbonyl (C=O) groups excluding carboxylic acids is 2. The first-order valence-corrected chi connectivity index (χ1v) is 8.77. The Morgan fingerprint density at radius 3 is 2.60 bits per heavy atom. The molecule has 0 saturated carbocycles. The largest absolute Gasteiger partial charge is 0.497 e. The van der Waals surface area contributed by atoms with Crippen molar-refractivity contribution in [3.63, 3.8) is 0 Å². The maximum Gasteiger partial charge on any atom is 0.317 e. The van der Waals surface area contributed by atoms with Gasteiger partial charge < -0.3 is 16.2 Å². The van der Waals surface area contributed by atoms with Crippen LogP contribution in [0, 0.1) is 0 Å². The van der Waals surface area contributed by atoms with Crippen LogP contribution in [-0.4, -0.2) is 19.0 Å². The van der Waals surface area contributed by atoms with Crippen LogP contribution in [-0.2, 0) is 11.8 Å². The zero-order valence-corrected chi connectivity index (χ0v) is 15.3. The summed E-state index contributed by atoms with van der Waals surface area (Å²) in [6.07, 6.45) is 1.53. The highest BCUT2D eigenvalue weighted by Crippen LogP contribution is 2.49. The second-order valence-corrected chi connectivity index (χ2v) is 7.78. The van der Waals surface area contributed by atoms with E-state index in [0.717, 1.165) is 33.7 Å². The van der Waals surface area contributed by atoms with Crippen molar-refractivity contribution in [3.05, 3.63) is 34.9 Å². The molecule has 2 aromatic rings. The number of urea groups is 1. The van der Waals surface area contributed by atoms with Gasteiger partial charge in [0.15, 0.2) is 0 Å². The number of hydrogen-bond acceptors (Lipinski definition) is 4. The molecule has 0 fully saturated rings. The fraction of sp³-hybridized carbons (Fsp3) is 0.333. The van der Waals surface area contributed by atoms with E-state index in [1.54, 1.807) is 7.11 Å². The highest BCUT2D eigenvalue weighted by Gasteiger charge is 2.33. The summed E-state index contributed by atoms with van der Waals surface area (Å²) in [7, 11) is 1.64. The van der Waals surface area contributed by atoms with E-state index < -0.39 is 11.9 Å². The van der Waals surface area contributed by atoms with Gasteiger partial charge in [-0.25, -0.2) is 4.79 Å². The summed E-state index contributed by atoms with van der Waals surface area (Å²) in [6.45, 7) is 4.35. The summed E-state index contributed by atoms with van der Waals surface area (Å²) in [4.78, 5) is 24.3. The van der Waals surface area contributed by atoms with E-state index in [1.807, 2.05) is 18.2 Å². The van der Waals surface area contributed by atoms with Crippen molar-refractivity contribution in [1.82, 2.24) is 0 Å². The molecular formula is C18H21N3O3S. The van der Waals surface area contributed by atoms with Crippen molar-refractivity contribution in [2.24, 2.45) is 11.5 Å². The van der Waals surface area contributed by atoms with Crippen LogP contribution in [0.3, 0.4) is 0 Å². The van der Waals surface area contributed by atoms with E-state index in [4.69, 9.17) is 16.2 Å². The van der Waals surface area contributed by atoms with E-state index in [1.165, 1.54) is 11.3 Å². The summed E-state index contributed by atoms with van der Waals surface area (Å²) in [5, 5.41) is 2.95. The van der Waals surface area contributed by atoms with Crippen molar-refractivity contribution in [1.29, 1.82) is 0 Å². The first-order valence-electron chi connectivity index (χ1n) is 7.95. The highest BCUT2D eigenvalue weighted by molar-refractivity contribution is 7.20. The SMILES string of the molecule is COc1ccc2c(c1)C(C)(C)CCc1c-2sc(NC(N)=O)c1C(N)=O. The van der Waals surface area contributed by atoms with E-state index in [0.29, 0.717) is 17.0 Å². The molecule has 0 radical (unpaired) electrons. The standard InChI is InChI=1S/C18H21N3O3S/c1-18(2)7-6-11-13(15(19)22)16(21-17(20)23)25-14(11)10-5-4-9(24-3)8-12(10)18/h4-5,8H,6-7H2,1-3H3,(H2,19,22)(H3,20,21,23). The first kappa shape index (κ1) is 17.3. The number of carbonyl (C=O) groups is 2. The summed E-state index contributed by atoms with van der Waals surface area (Å²) >= 11 is 1.34. The Kier molecular flexibility index (Phi) is 4.20. The number of rotatable bonds is 3. The Labute approximate surface area is 150 Å². The number of fused-ring (bicyclic) bond motifs is 3. The third-order valence-electron chi connectivity index (χ3n) is 4.69. The van der Waals surface area contributed by atoms with E-state index in [2.05, 4.69) is 19.2 Å². The number of benzene rings is 1. The molecule has 0 bridgehead atoms. The summed E-state index contributed by atoms with van der Waals surface area (Å²) < 4.78 is 5.38. The third-order valence-corrected chi connectivity index (χ3v) is 5.87. The predicted molar refractivity (Wildman–Crippen MR) is 99.4 cm³/mol. The van der Waals surface area contributed by atoms with E-state index >= 15 is 0 Å². The monoisotopic (exact) mass is 359 g/mol. The lowest BCUT2D eigenvalue weighted by Gasteiger charge is -2.26. The lowest BCUT2D eigenvalue weighted by molar-refractivity contribution is 0.100. The summed E-state index contributed by atoms with van der Waals surface area (Å²) in [5.41, 5.74) is 14.2. The fourth-order valence-electron chi connectivity index (χ4n) is 3.36. The van der Waals surface area contributed by atoms with Crippen LogP contribution in [0.4, 0.5) is 9.80 Å². The molecular weight excluding hydrogens is 338 g/mol. The van der Waals surface area contributed by atoms with Gasteiger partial charge in [0.25, 0.3) is 5.91 Å². The third kappa shape index (κ3) is 2.95. The number of primary amides is 2. The van der Waals surface area contributed by atoms with Gasteiger partial charge in [0.2, 0.25) is 0 Å². The highest BCUT2D eigenvalue weighted by atomic mass is 32.1. The van der Waals surface area contributed by atoms with Crippen LogP contribution in [0.25, 0.3) is 10.4 Å². The van der Waals surface area contributed by atoms with Crippen LogP contribution in [0.2, 0.25) is 0 Å². The second-order valence-electron chi connectivity index (χ2n) is 6.76. The maximum absolute atomic E-state index is 12.0. The molecule has 0 unspecified atom stereocenters. The van der Waals surface area contributed by atoms with Crippen LogP contribution >= 0.6 is 11.3 Å². The quantitative estimate of drug-likeness (QED) is 0.783. The van der Waals surface area contributed by atoms with Gasteiger partial charge in [-0.3, -0.25) is 10.1 Å². The molecule has 7 heteroatoms. The number of amides is 3. The molecule has 25 heavy (non-hydrogen) atoms. The smallest absolute Gasteiger partial charge is 0.317 e. The zero-order valence-electron chi connectivity index (χ0n) is 14.4. The molecule has 6 nitrogen and oxygen atoms in total. The molecule has 0 saturated heterocycles. The molecule has 1 aliphatic carbocycles. The normalized spacial score (nSPS) is 14.8. The zero-order chi connectivity index (χ0) is 18.4. The Morgan fingerprint density at radius 1 is 1.28 bits per heavy atom. The van der Waals surface area contributed by atoms with Gasteiger partial charge in [0.1, 0.15) is 10.8 Å². The van der Waals surface area contributed by atoms with Crippen LogP contribution in [0.1, 0.15) is 41.8 Å². The van der Waals surface area contributed by atoms with Gasteiger partial charge >= 0.3 is 6.03 Å². The molecule has 0 atom stereocenters. The Hall–Kier alpha value is -2.54. The van der Waals surface area contributed by atoms with Gasteiger partial charge in [-0.2, -0.15) is 0 Å². The number of thiophene rings is 1. The summed E-state index contributed by atoms with van der Waals surface area (Å²) in [5.74, 6) is 0.230. The van der Waals surface area contributed by atoms with Crippen molar-refractivity contribution in [2.75, 3.05) is 12.4 Å². The molecule has 3 amide bonds. The van der Waals surface area contributed by atoms with Gasteiger partial charge in [0, 0.05) is 4.88 Å². The van der Waals surface area contributed by atoms with E-state index in [-0.39, 0.29) is 5.41 Å². The topological polar surface area (TPSA) is 107 Å². The van der Waals surface area contributed by atoms with Crippen LogP contribution in [0.15, 0.2) is 18.2 Å². The minimum atomic E-state index is -0.714. The average molecular weight is 359 g/mol. The van der Waals surface area contributed by atoms with Crippen LogP contribution in [0.5, 0.6) is 5.75 Å². The fourth-order valence-corrected chi connectivity index (χ4v) is 4.66. The lowest BCUT2D eigenvalue weighted by atomic mass is 9.79. The summed E-state index contributed by atoms with van der Waals surface area (Å²) in [6, 6.07) is 5.22. The molecule has 1 aromatic heterocycles. The number of methoxy groups -OCH3 is 1. The Balaban J connectivity index is 2.28. The number of nitrogens with two attached hydrogens (primary N) is 2. The molecule has 132 valence electrons. The van der Waals surface area contributed by atoms with Crippen molar-refractivity contribution in [3.8, 4) is 16.2 Å². The van der Waals surface area contributed by atoms with Gasteiger partial charge in [0.05, 0.1) is 12.7 Å². The predicted octanol–water partition coefficient (Wildman–Crippen LogP) is 3.24. The van der Waals surface area contributed by atoms with Gasteiger partial charge in [-0.05, 0) is 53.1 Å². The average Bonchev–Trinajstić information content (AvgIpc) is 2.85.